The number of aromatic nitrogens is 2. The Bertz CT molecular complexity index is 758. The van der Waals surface area contributed by atoms with Crippen molar-refractivity contribution in [2.45, 2.75) is 77.7 Å². The number of benzene rings is 1. The lowest BCUT2D eigenvalue weighted by Gasteiger charge is -2.08. The predicted molar refractivity (Wildman–Crippen MR) is 109 cm³/mol. The van der Waals surface area contributed by atoms with Crippen LogP contribution in [0.3, 0.4) is 0 Å². The maximum Gasteiger partial charge on any atom is 0.177 e. The highest BCUT2D eigenvalue weighted by Crippen LogP contribution is 2.25. The van der Waals surface area contributed by atoms with Crippen molar-refractivity contribution < 1.29 is 4.42 Å². The van der Waals surface area contributed by atoms with Crippen LogP contribution in [0.5, 0.6) is 0 Å². The van der Waals surface area contributed by atoms with E-state index in [1.807, 2.05) is 18.2 Å². The number of hydrogen-bond donors (Lipinski definition) is 0. The zero-order valence-corrected chi connectivity index (χ0v) is 16.1. The molecule has 2 aromatic heterocycles. The fourth-order valence-corrected chi connectivity index (χ4v) is 3.65. The first-order valence-electron chi connectivity index (χ1n) is 10.4. The molecular formula is C23H32N2O. The van der Waals surface area contributed by atoms with Gasteiger partial charge in [0.1, 0.15) is 0 Å². The van der Waals surface area contributed by atoms with Crippen LogP contribution in [0, 0.1) is 0 Å². The minimum atomic E-state index is 0.855. The van der Waals surface area contributed by atoms with Gasteiger partial charge in [-0.2, -0.15) is 0 Å². The van der Waals surface area contributed by atoms with Gasteiger partial charge in [0.05, 0.1) is 17.3 Å². The van der Waals surface area contributed by atoms with Crippen LogP contribution in [0.25, 0.3) is 22.6 Å². The van der Waals surface area contributed by atoms with E-state index in [0.29, 0.717) is 0 Å². The summed E-state index contributed by atoms with van der Waals surface area (Å²) in [5.74, 6) is 1.81. The van der Waals surface area contributed by atoms with Gasteiger partial charge in [0, 0.05) is 6.54 Å². The Balaban J connectivity index is 1.47. The third-order valence-corrected chi connectivity index (χ3v) is 5.13. The van der Waals surface area contributed by atoms with Gasteiger partial charge in [0.15, 0.2) is 11.6 Å². The van der Waals surface area contributed by atoms with Gasteiger partial charge in [-0.3, -0.25) is 0 Å². The number of furan rings is 1. The first-order chi connectivity index (χ1) is 12.9. The monoisotopic (exact) mass is 352 g/mol. The first kappa shape index (κ1) is 18.8. The highest BCUT2D eigenvalue weighted by molar-refractivity contribution is 5.79. The molecule has 0 atom stereocenters. The van der Waals surface area contributed by atoms with E-state index < -0.39 is 0 Å². The Labute approximate surface area is 157 Å². The summed E-state index contributed by atoms with van der Waals surface area (Å²) in [6.07, 6.45) is 15.3. The summed E-state index contributed by atoms with van der Waals surface area (Å²) in [5, 5.41) is 0. The Morgan fingerprint density at radius 2 is 1.50 bits per heavy atom. The molecule has 0 spiro atoms. The molecule has 0 unspecified atom stereocenters. The molecule has 0 aliphatic heterocycles. The molecule has 0 aliphatic rings. The van der Waals surface area contributed by atoms with Crippen molar-refractivity contribution in [1.29, 1.82) is 0 Å². The molecule has 3 heteroatoms. The lowest BCUT2D eigenvalue weighted by molar-refractivity contribution is 0.533. The minimum Gasteiger partial charge on any atom is -0.461 e. The van der Waals surface area contributed by atoms with Gasteiger partial charge in [-0.15, -0.1) is 0 Å². The lowest BCUT2D eigenvalue weighted by atomic mass is 10.1. The topological polar surface area (TPSA) is 31.0 Å². The lowest BCUT2D eigenvalue weighted by Crippen LogP contribution is -2.00. The van der Waals surface area contributed by atoms with Crippen molar-refractivity contribution in [1.82, 2.24) is 9.55 Å². The fraction of sp³-hybridized carbons (Fsp3) is 0.522. The maximum atomic E-state index is 5.61. The maximum absolute atomic E-state index is 5.61. The Morgan fingerprint density at radius 1 is 0.808 bits per heavy atom. The van der Waals surface area contributed by atoms with Gasteiger partial charge in [-0.25, -0.2) is 4.98 Å². The van der Waals surface area contributed by atoms with Crippen LogP contribution in [0.4, 0.5) is 0 Å². The van der Waals surface area contributed by atoms with E-state index in [1.165, 1.54) is 69.7 Å². The number of imidazole rings is 1. The predicted octanol–water partition coefficient (Wildman–Crippen LogP) is 7.22. The molecule has 3 nitrogen and oxygen atoms in total. The normalized spacial score (nSPS) is 11.4. The molecule has 0 aliphatic carbocycles. The van der Waals surface area contributed by atoms with Gasteiger partial charge in [0.2, 0.25) is 0 Å². The van der Waals surface area contributed by atoms with Gasteiger partial charge in [-0.1, -0.05) is 76.8 Å². The summed E-state index contributed by atoms with van der Waals surface area (Å²) in [7, 11) is 0. The highest BCUT2D eigenvalue weighted by Gasteiger charge is 2.13. The van der Waals surface area contributed by atoms with Crippen LogP contribution in [-0.2, 0) is 6.54 Å². The first-order valence-corrected chi connectivity index (χ1v) is 10.4. The second-order valence-electron chi connectivity index (χ2n) is 7.24. The van der Waals surface area contributed by atoms with Crippen LogP contribution in [0.2, 0.25) is 0 Å². The van der Waals surface area contributed by atoms with Crippen molar-refractivity contribution in [3.63, 3.8) is 0 Å². The van der Waals surface area contributed by atoms with Gasteiger partial charge in [-0.05, 0) is 30.7 Å². The molecule has 0 N–H and O–H groups in total. The summed E-state index contributed by atoms with van der Waals surface area (Å²) in [6, 6.07) is 12.3. The van der Waals surface area contributed by atoms with Gasteiger partial charge < -0.3 is 8.98 Å². The molecule has 0 amide bonds. The molecule has 0 saturated carbocycles. The van der Waals surface area contributed by atoms with Crippen molar-refractivity contribution in [3.8, 4) is 11.6 Å². The van der Waals surface area contributed by atoms with E-state index in [0.717, 1.165) is 23.6 Å². The molecule has 3 aromatic rings. The Morgan fingerprint density at radius 3 is 2.19 bits per heavy atom. The molecule has 0 bridgehead atoms. The third-order valence-electron chi connectivity index (χ3n) is 5.13. The Hall–Kier alpha value is -2.03. The van der Waals surface area contributed by atoms with E-state index in [4.69, 9.17) is 9.40 Å². The van der Waals surface area contributed by atoms with Crippen molar-refractivity contribution in [2.24, 2.45) is 0 Å². The standard InChI is InChI=1S/C23H32N2O/c1-2-3-4-5-6-7-8-9-10-13-18-25-21-16-12-11-15-20(21)24-23(25)22-17-14-19-26-22/h11-12,14-17,19H,2-10,13,18H2,1H3. The summed E-state index contributed by atoms with van der Waals surface area (Å²) < 4.78 is 7.92. The smallest absolute Gasteiger partial charge is 0.177 e. The van der Waals surface area contributed by atoms with Crippen molar-refractivity contribution in [2.75, 3.05) is 0 Å². The van der Waals surface area contributed by atoms with Gasteiger partial charge in [0.25, 0.3) is 0 Å². The highest BCUT2D eigenvalue weighted by atomic mass is 16.3. The second kappa shape index (κ2) is 10.2. The SMILES string of the molecule is CCCCCCCCCCCCn1c(-c2ccco2)nc2ccccc21. The van der Waals surface area contributed by atoms with Crippen molar-refractivity contribution >= 4 is 11.0 Å². The molecule has 26 heavy (non-hydrogen) atoms. The second-order valence-corrected chi connectivity index (χ2v) is 7.24. The number of hydrogen-bond acceptors (Lipinski definition) is 2. The Kier molecular flexibility index (Phi) is 7.36. The number of unbranched alkanes of at least 4 members (excludes halogenated alkanes) is 9. The van der Waals surface area contributed by atoms with E-state index in [-0.39, 0.29) is 0 Å². The number of aryl methyl sites for hydroxylation is 1. The number of nitrogens with zero attached hydrogens (tertiary/aromatic N) is 2. The van der Waals surface area contributed by atoms with Crippen molar-refractivity contribution in [3.05, 3.63) is 42.7 Å². The van der Waals surface area contributed by atoms with E-state index in [9.17, 15) is 0 Å². The van der Waals surface area contributed by atoms with E-state index >= 15 is 0 Å². The quantitative estimate of drug-likeness (QED) is 0.322. The summed E-state index contributed by atoms with van der Waals surface area (Å²) >= 11 is 0. The minimum absolute atomic E-state index is 0.855. The van der Waals surface area contributed by atoms with Crippen LogP contribution in [0.1, 0.15) is 71.1 Å². The molecule has 0 saturated heterocycles. The average molecular weight is 353 g/mol. The summed E-state index contributed by atoms with van der Waals surface area (Å²) in [6.45, 7) is 3.29. The van der Waals surface area contributed by atoms with Gasteiger partial charge >= 0.3 is 0 Å². The zero-order valence-electron chi connectivity index (χ0n) is 16.1. The number of rotatable bonds is 12. The summed E-state index contributed by atoms with van der Waals surface area (Å²) in [5.41, 5.74) is 2.25. The number of para-hydroxylation sites is 2. The largest absolute Gasteiger partial charge is 0.461 e. The van der Waals surface area contributed by atoms with Crippen LogP contribution < -0.4 is 0 Å². The molecule has 0 fully saturated rings. The summed E-state index contributed by atoms with van der Waals surface area (Å²) in [4.78, 5) is 4.79. The average Bonchev–Trinajstić information content (AvgIpc) is 3.31. The zero-order chi connectivity index (χ0) is 18.0. The van der Waals surface area contributed by atoms with E-state index in [1.54, 1.807) is 6.26 Å². The molecule has 3 rings (SSSR count). The van der Waals surface area contributed by atoms with Crippen LogP contribution >= 0.6 is 0 Å². The molecule has 0 radical (unpaired) electrons. The third kappa shape index (κ3) is 5.00. The van der Waals surface area contributed by atoms with Crippen LogP contribution in [-0.4, -0.2) is 9.55 Å². The molecule has 140 valence electrons. The number of fused-ring (bicyclic) bond motifs is 1. The van der Waals surface area contributed by atoms with E-state index in [2.05, 4.69) is 29.7 Å². The fourth-order valence-electron chi connectivity index (χ4n) is 3.65. The van der Waals surface area contributed by atoms with Crippen LogP contribution in [0.15, 0.2) is 47.1 Å². The molecule has 1 aromatic carbocycles. The molecular weight excluding hydrogens is 320 g/mol. The molecule has 2 heterocycles.